The Kier molecular flexibility index (Phi) is 5.38. The first-order chi connectivity index (χ1) is 12.1. The molecule has 2 aromatic rings. The molecule has 0 saturated heterocycles. The van der Waals surface area contributed by atoms with Crippen LogP contribution in [0.3, 0.4) is 0 Å². The number of amides is 2. The van der Waals surface area contributed by atoms with Crippen LogP contribution >= 0.6 is 0 Å². The van der Waals surface area contributed by atoms with E-state index in [0.717, 1.165) is 25.0 Å². The van der Waals surface area contributed by atoms with Crippen LogP contribution in [0, 0.1) is 5.82 Å². The molecule has 0 radical (unpaired) electrons. The predicted molar refractivity (Wildman–Crippen MR) is 92.6 cm³/mol. The molecule has 6 heteroatoms. The summed E-state index contributed by atoms with van der Waals surface area (Å²) in [6.45, 7) is 0.522. The van der Waals surface area contributed by atoms with Gasteiger partial charge >= 0.3 is 0 Å². The smallest absolute Gasteiger partial charge is 0.228 e. The van der Waals surface area contributed by atoms with E-state index in [1.165, 1.54) is 18.2 Å². The maximum absolute atomic E-state index is 13.5. The molecule has 0 spiro atoms. The van der Waals surface area contributed by atoms with Crippen LogP contribution in [0.1, 0.15) is 36.4 Å². The van der Waals surface area contributed by atoms with Crippen LogP contribution in [-0.4, -0.2) is 23.3 Å². The van der Waals surface area contributed by atoms with Gasteiger partial charge in [0, 0.05) is 30.5 Å². The third kappa shape index (κ3) is 4.41. The summed E-state index contributed by atoms with van der Waals surface area (Å²) in [5.74, 6) is -1.52. The number of rotatable bonds is 6. The Balaban J connectivity index is 1.51. The Morgan fingerprint density at radius 1 is 1.28 bits per heavy atom. The Morgan fingerprint density at radius 3 is 2.96 bits per heavy atom. The Bertz CT molecular complexity index is 765. The van der Waals surface area contributed by atoms with Crippen LogP contribution in [0.4, 0.5) is 10.1 Å². The maximum Gasteiger partial charge on any atom is 0.228 e. The molecule has 1 unspecified atom stereocenters. The van der Waals surface area contributed by atoms with Gasteiger partial charge in [-0.05, 0) is 55.2 Å². The molecule has 5 nitrogen and oxygen atoms in total. The average Bonchev–Trinajstić information content (AvgIpc) is 2.62. The average molecular weight is 341 g/mol. The van der Waals surface area contributed by atoms with Gasteiger partial charge < -0.3 is 10.6 Å². The fourth-order valence-corrected chi connectivity index (χ4v) is 2.98. The molecule has 2 amide bonds. The monoisotopic (exact) mass is 341 g/mol. The number of carbonyl (C=O) groups is 2. The highest BCUT2D eigenvalue weighted by Crippen LogP contribution is 2.32. The molecule has 2 N–H and O–H groups in total. The van der Waals surface area contributed by atoms with Crippen LogP contribution in [-0.2, 0) is 16.0 Å². The molecule has 1 aromatic heterocycles. The van der Waals surface area contributed by atoms with Crippen molar-refractivity contribution in [3.8, 4) is 0 Å². The van der Waals surface area contributed by atoms with Gasteiger partial charge in [0.2, 0.25) is 11.8 Å². The lowest BCUT2D eigenvalue weighted by atomic mass is 9.89. The van der Waals surface area contributed by atoms with Gasteiger partial charge in [0.25, 0.3) is 0 Å². The highest BCUT2D eigenvalue weighted by molar-refractivity contribution is 6.01. The Morgan fingerprint density at radius 2 is 2.16 bits per heavy atom. The van der Waals surface area contributed by atoms with E-state index in [9.17, 15) is 14.0 Å². The summed E-state index contributed by atoms with van der Waals surface area (Å²) < 4.78 is 13.5. The molecule has 3 rings (SSSR count). The minimum absolute atomic E-state index is 0.0379. The summed E-state index contributed by atoms with van der Waals surface area (Å²) in [5.41, 5.74) is 2.07. The molecule has 130 valence electrons. The summed E-state index contributed by atoms with van der Waals surface area (Å²) in [6.07, 6.45) is 4.39. The molecule has 25 heavy (non-hydrogen) atoms. The van der Waals surface area contributed by atoms with Crippen molar-refractivity contribution in [2.75, 3.05) is 11.9 Å². The first-order valence-electron chi connectivity index (χ1n) is 8.40. The Hall–Kier alpha value is -2.76. The van der Waals surface area contributed by atoms with Gasteiger partial charge in [-0.25, -0.2) is 4.39 Å². The summed E-state index contributed by atoms with van der Waals surface area (Å²) in [5, 5.41) is 5.53. The maximum atomic E-state index is 13.5. The standard InChI is InChI=1S/C19H20FN3O2/c20-13-7-8-17-15(11-13)16(12-18(24)23-17)19(25)22-10-4-2-6-14-5-1-3-9-21-14/h1,3,5,7-9,11,16H,2,4,6,10,12H2,(H,22,25)(H,23,24). The number of pyridine rings is 1. The molecule has 1 aliphatic heterocycles. The van der Waals surface area contributed by atoms with E-state index in [0.29, 0.717) is 17.8 Å². The number of anilines is 1. The summed E-state index contributed by atoms with van der Waals surface area (Å²) >= 11 is 0. The van der Waals surface area contributed by atoms with Crippen LogP contribution < -0.4 is 10.6 Å². The predicted octanol–water partition coefficient (Wildman–Crippen LogP) is 2.79. The molecule has 0 fully saturated rings. The lowest BCUT2D eigenvalue weighted by Gasteiger charge is -2.24. The second kappa shape index (κ2) is 7.88. The summed E-state index contributed by atoms with van der Waals surface area (Å²) in [4.78, 5) is 28.5. The number of nitrogens with zero attached hydrogens (tertiary/aromatic N) is 1. The zero-order chi connectivity index (χ0) is 17.6. The molecule has 0 aliphatic carbocycles. The van der Waals surface area contributed by atoms with Crippen molar-refractivity contribution in [3.05, 3.63) is 59.7 Å². The van der Waals surface area contributed by atoms with Crippen LogP contribution in [0.25, 0.3) is 0 Å². The number of fused-ring (bicyclic) bond motifs is 1. The number of halogens is 1. The molecule has 0 saturated carbocycles. The van der Waals surface area contributed by atoms with Gasteiger partial charge in [-0.1, -0.05) is 6.07 Å². The zero-order valence-corrected chi connectivity index (χ0v) is 13.8. The molecular weight excluding hydrogens is 321 g/mol. The number of hydrogen-bond donors (Lipinski definition) is 2. The first kappa shape index (κ1) is 17.1. The van der Waals surface area contributed by atoms with E-state index in [1.54, 1.807) is 6.20 Å². The van der Waals surface area contributed by atoms with Crippen molar-refractivity contribution >= 4 is 17.5 Å². The van der Waals surface area contributed by atoms with E-state index >= 15 is 0 Å². The van der Waals surface area contributed by atoms with E-state index in [1.807, 2.05) is 18.2 Å². The largest absolute Gasteiger partial charge is 0.356 e. The SMILES string of the molecule is O=C1CC(C(=O)NCCCCc2ccccn2)c2cc(F)ccc2N1. The number of nitrogens with one attached hydrogen (secondary N) is 2. The van der Waals surface area contributed by atoms with Gasteiger partial charge in [0.1, 0.15) is 5.82 Å². The van der Waals surface area contributed by atoms with E-state index in [2.05, 4.69) is 15.6 Å². The highest BCUT2D eigenvalue weighted by atomic mass is 19.1. The minimum Gasteiger partial charge on any atom is -0.356 e. The fraction of sp³-hybridized carbons (Fsp3) is 0.316. The van der Waals surface area contributed by atoms with Gasteiger partial charge in [-0.15, -0.1) is 0 Å². The number of unbranched alkanes of at least 4 members (excludes halogenated alkanes) is 1. The van der Waals surface area contributed by atoms with Gasteiger partial charge in [-0.3, -0.25) is 14.6 Å². The molecule has 1 aliphatic rings. The highest BCUT2D eigenvalue weighted by Gasteiger charge is 2.30. The topological polar surface area (TPSA) is 71.1 Å². The third-order valence-electron chi connectivity index (χ3n) is 4.25. The molecule has 2 heterocycles. The van der Waals surface area contributed by atoms with Gasteiger partial charge in [-0.2, -0.15) is 0 Å². The third-order valence-corrected chi connectivity index (χ3v) is 4.25. The van der Waals surface area contributed by atoms with Crippen molar-refractivity contribution in [3.63, 3.8) is 0 Å². The van der Waals surface area contributed by atoms with Crippen LogP contribution in [0.2, 0.25) is 0 Å². The number of hydrogen-bond acceptors (Lipinski definition) is 3. The number of benzene rings is 1. The number of carbonyl (C=O) groups excluding carboxylic acids is 2. The van der Waals surface area contributed by atoms with Gasteiger partial charge in [0.15, 0.2) is 0 Å². The van der Waals surface area contributed by atoms with Crippen molar-refractivity contribution in [1.82, 2.24) is 10.3 Å². The van der Waals surface area contributed by atoms with Crippen LogP contribution in [0.5, 0.6) is 0 Å². The van der Waals surface area contributed by atoms with E-state index < -0.39 is 11.7 Å². The summed E-state index contributed by atoms with van der Waals surface area (Å²) in [7, 11) is 0. The first-order valence-corrected chi connectivity index (χ1v) is 8.40. The number of aryl methyl sites for hydroxylation is 1. The molecule has 1 aromatic carbocycles. The summed E-state index contributed by atoms with van der Waals surface area (Å²) in [6, 6.07) is 9.90. The minimum atomic E-state index is -0.643. The van der Waals surface area contributed by atoms with Crippen molar-refractivity contribution in [2.45, 2.75) is 31.6 Å². The molecule has 1 atom stereocenters. The zero-order valence-electron chi connectivity index (χ0n) is 13.8. The molecular formula is C19H20FN3O2. The Labute approximate surface area is 145 Å². The fourth-order valence-electron chi connectivity index (χ4n) is 2.98. The van der Waals surface area contributed by atoms with Crippen LogP contribution in [0.15, 0.2) is 42.6 Å². The normalized spacial score (nSPS) is 16.0. The molecule has 0 bridgehead atoms. The second-order valence-electron chi connectivity index (χ2n) is 6.11. The second-order valence-corrected chi connectivity index (χ2v) is 6.11. The quantitative estimate of drug-likeness (QED) is 0.794. The van der Waals surface area contributed by atoms with Crippen molar-refractivity contribution < 1.29 is 14.0 Å². The van der Waals surface area contributed by atoms with Crippen molar-refractivity contribution in [2.24, 2.45) is 0 Å². The van der Waals surface area contributed by atoms with Crippen molar-refractivity contribution in [1.29, 1.82) is 0 Å². The van der Waals surface area contributed by atoms with Gasteiger partial charge in [0.05, 0.1) is 5.92 Å². The lowest BCUT2D eigenvalue weighted by Crippen LogP contribution is -2.35. The lowest BCUT2D eigenvalue weighted by molar-refractivity contribution is -0.126. The number of aromatic nitrogens is 1. The van der Waals surface area contributed by atoms with E-state index in [4.69, 9.17) is 0 Å². The van der Waals surface area contributed by atoms with E-state index in [-0.39, 0.29) is 18.2 Å².